The second-order valence-electron chi connectivity index (χ2n) is 3.77. The molecule has 0 aromatic heterocycles. The van der Waals surface area contributed by atoms with E-state index in [0.717, 1.165) is 12.8 Å². The molecule has 0 spiro atoms. The molecule has 0 heterocycles. The van der Waals surface area contributed by atoms with E-state index in [9.17, 15) is 4.39 Å². The van der Waals surface area contributed by atoms with E-state index in [-0.39, 0.29) is 30.4 Å². The summed E-state index contributed by atoms with van der Waals surface area (Å²) in [6, 6.07) is 4.46. The summed E-state index contributed by atoms with van der Waals surface area (Å²) in [6.07, 6.45) is 1.73. The lowest BCUT2D eigenvalue weighted by molar-refractivity contribution is 0.0969. The topological polar surface area (TPSA) is 44.5 Å². The van der Waals surface area contributed by atoms with E-state index in [2.05, 4.69) is 0 Å². The highest BCUT2D eigenvalue weighted by atomic mass is 35.5. The van der Waals surface area contributed by atoms with E-state index in [1.165, 1.54) is 19.2 Å². The molecule has 1 saturated carbocycles. The van der Waals surface area contributed by atoms with Gasteiger partial charge in [0.15, 0.2) is 11.5 Å². The van der Waals surface area contributed by atoms with Crippen LogP contribution >= 0.6 is 12.4 Å². The van der Waals surface area contributed by atoms with Crippen molar-refractivity contribution < 1.29 is 13.9 Å². The van der Waals surface area contributed by atoms with Gasteiger partial charge in [0.1, 0.15) is 11.9 Å². The molecular formula is C11H15ClFNO2. The lowest BCUT2D eigenvalue weighted by Gasteiger charge is -2.32. The molecule has 0 radical (unpaired) electrons. The highest BCUT2D eigenvalue weighted by Crippen LogP contribution is 2.32. The molecular weight excluding hydrogens is 233 g/mol. The van der Waals surface area contributed by atoms with E-state index in [1.54, 1.807) is 6.07 Å². The SMILES string of the molecule is COc1ccc(F)cc1O[C@H]1C[C@H](N)C1.Cl. The quantitative estimate of drug-likeness (QED) is 0.890. The molecule has 5 heteroatoms. The molecule has 1 aliphatic carbocycles. The second kappa shape index (κ2) is 5.37. The van der Waals surface area contributed by atoms with Gasteiger partial charge >= 0.3 is 0 Å². The van der Waals surface area contributed by atoms with Crippen molar-refractivity contribution in [1.82, 2.24) is 0 Å². The predicted molar refractivity (Wildman–Crippen MR) is 61.8 cm³/mol. The fourth-order valence-corrected chi connectivity index (χ4v) is 1.62. The van der Waals surface area contributed by atoms with Crippen molar-refractivity contribution in [1.29, 1.82) is 0 Å². The molecule has 90 valence electrons. The molecule has 16 heavy (non-hydrogen) atoms. The first-order valence-electron chi connectivity index (χ1n) is 4.95. The molecule has 2 rings (SSSR count). The van der Waals surface area contributed by atoms with E-state index < -0.39 is 0 Å². The lowest BCUT2D eigenvalue weighted by Crippen LogP contribution is -2.43. The maximum atomic E-state index is 13.0. The Kier molecular flexibility index (Phi) is 4.38. The fraction of sp³-hybridized carbons (Fsp3) is 0.455. The van der Waals surface area contributed by atoms with Crippen molar-refractivity contribution in [3.63, 3.8) is 0 Å². The molecule has 0 aliphatic heterocycles. The molecule has 0 unspecified atom stereocenters. The van der Waals surface area contributed by atoms with E-state index in [4.69, 9.17) is 15.2 Å². The Morgan fingerprint density at radius 2 is 2.00 bits per heavy atom. The fourth-order valence-electron chi connectivity index (χ4n) is 1.62. The molecule has 3 nitrogen and oxygen atoms in total. The van der Waals surface area contributed by atoms with Crippen LogP contribution in [-0.4, -0.2) is 19.3 Å². The van der Waals surface area contributed by atoms with Gasteiger partial charge < -0.3 is 15.2 Å². The van der Waals surface area contributed by atoms with E-state index >= 15 is 0 Å². The standard InChI is InChI=1S/C11H14FNO2.ClH/c1-14-10-3-2-7(12)4-11(10)15-9-5-8(13)6-9;/h2-4,8-9H,5-6,13H2,1H3;1H/t8-,9-;. The molecule has 1 aliphatic rings. The number of benzene rings is 1. The molecule has 1 aromatic carbocycles. The minimum Gasteiger partial charge on any atom is -0.493 e. The van der Waals surface area contributed by atoms with Crippen LogP contribution in [0.4, 0.5) is 4.39 Å². The largest absolute Gasteiger partial charge is 0.493 e. The monoisotopic (exact) mass is 247 g/mol. The molecule has 2 N–H and O–H groups in total. The Morgan fingerprint density at radius 3 is 2.56 bits per heavy atom. The van der Waals surface area contributed by atoms with Gasteiger partial charge in [-0.3, -0.25) is 0 Å². The van der Waals surface area contributed by atoms with Gasteiger partial charge in [-0.25, -0.2) is 4.39 Å². The van der Waals surface area contributed by atoms with Crippen molar-refractivity contribution in [2.45, 2.75) is 25.0 Å². The van der Waals surface area contributed by atoms with Gasteiger partial charge in [0.05, 0.1) is 7.11 Å². The maximum Gasteiger partial charge on any atom is 0.164 e. The van der Waals surface area contributed by atoms with Crippen LogP contribution in [0.25, 0.3) is 0 Å². The highest BCUT2D eigenvalue weighted by molar-refractivity contribution is 5.85. The third kappa shape index (κ3) is 2.77. The van der Waals surface area contributed by atoms with Crippen molar-refractivity contribution in [2.75, 3.05) is 7.11 Å². The summed E-state index contributed by atoms with van der Waals surface area (Å²) < 4.78 is 23.6. The van der Waals surface area contributed by atoms with Gasteiger partial charge in [-0.05, 0) is 25.0 Å². The summed E-state index contributed by atoms with van der Waals surface area (Å²) in [4.78, 5) is 0. The number of hydrogen-bond donors (Lipinski definition) is 1. The summed E-state index contributed by atoms with van der Waals surface area (Å²) in [6.45, 7) is 0. The average molecular weight is 248 g/mol. The zero-order chi connectivity index (χ0) is 10.8. The van der Waals surface area contributed by atoms with Crippen LogP contribution in [0.2, 0.25) is 0 Å². The summed E-state index contributed by atoms with van der Waals surface area (Å²) in [5.41, 5.74) is 5.64. The van der Waals surface area contributed by atoms with Crippen molar-refractivity contribution in [2.24, 2.45) is 5.73 Å². The second-order valence-corrected chi connectivity index (χ2v) is 3.77. The Balaban J connectivity index is 0.00000128. The minimum absolute atomic E-state index is 0. The van der Waals surface area contributed by atoms with Crippen molar-refractivity contribution in [3.05, 3.63) is 24.0 Å². The number of nitrogens with two attached hydrogens (primary N) is 1. The zero-order valence-electron chi connectivity index (χ0n) is 8.98. The first kappa shape index (κ1) is 13.1. The summed E-state index contributed by atoms with van der Waals surface area (Å²) in [5.74, 6) is 0.681. The van der Waals surface area contributed by atoms with E-state index in [1.807, 2.05) is 0 Å². The Bertz CT molecular complexity index is 356. The van der Waals surface area contributed by atoms with Crippen molar-refractivity contribution >= 4 is 12.4 Å². The average Bonchev–Trinajstić information content (AvgIpc) is 2.16. The van der Waals surface area contributed by atoms with Crippen molar-refractivity contribution in [3.8, 4) is 11.5 Å². The number of hydrogen-bond acceptors (Lipinski definition) is 3. The van der Waals surface area contributed by atoms with E-state index in [0.29, 0.717) is 11.5 Å². The predicted octanol–water partition coefficient (Wildman–Crippen LogP) is 2.12. The van der Waals surface area contributed by atoms with Crippen LogP contribution in [0.3, 0.4) is 0 Å². The Hall–Kier alpha value is -1.00. The van der Waals surface area contributed by atoms with Crippen LogP contribution in [-0.2, 0) is 0 Å². The molecule has 0 atom stereocenters. The normalized spacial score (nSPS) is 22.9. The minimum atomic E-state index is -0.325. The third-order valence-corrected chi connectivity index (χ3v) is 2.55. The van der Waals surface area contributed by atoms with Gasteiger partial charge in [0.25, 0.3) is 0 Å². The maximum absolute atomic E-state index is 13.0. The molecule has 0 amide bonds. The number of rotatable bonds is 3. The van der Waals surface area contributed by atoms with Crippen LogP contribution in [0, 0.1) is 5.82 Å². The van der Waals surface area contributed by atoms with Gasteiger partial charge in [-0.15, -0.1) is 12.4 Å². The van der Waals surface area contributed by atoms with Gasteiger partial charge in [-0.2, -0.15) is 0 Å². The number of halogens is 2. The van der Waals surface area contributed by atoms with Crippen LogP contribution in [0.15, 0.2) is 18.2 Å². The first-order valence-corrected chi connectivity index (χ1v) is 4.95. The molecule has 1 fully saturated rings. The highest BCUT2D eigenvalue weighted by Gasteiger charge is 2.28. The zero-order valence-corrected chi connectivity index (χ0v) is 9.80. The van der Waals surface area contributed by atoms with Gasteiger partial charge in [-0.1, -0.05) is 0 Å². The summed E-state index contributed by atoms with van der Waals surface area (Å²) in [5, 5.41) is 0. The summed E-state index contributed by atoms with van der Waals surface area (Å²) in [7, 11) is 1.53. The van der Waals surface area contributed by atoms with Crippen LogP contribution in [0.5, 0.6) is 11.5 Å². The van der Waals surface area contributed by atoms with Crippen LogP contribution in [0.1, 0.15) is 12.8 Å². The smallest absolute Gasteiger partial charge is 0.164 e. The number of ether oxygens (including phenoxy) is 2. The van der Waals surface area contributed by atoms with Crippen LogP contribution < -0.4 is 15.2 Å². The first-order chi connectivity index (χ1) is 7.19. The molecule has 0 saturated heterocycles. The Labute approximate surface area is 100 Å². The van der Waals surface area contributed by atoms with Gasteiger partial charge in [0, 0.05) is 12.1 Å². The lowest BCUT2D eigenvalue weighted by atomic mass is 9.90. The molecule has 0 bridgehead atoms. The summed E-state index contributed by atoms with van der Waals surface area (Å²) >= 11 is 0. The Morgan fingerprint density at radius 1 is 1.31 bits per heavy atom. The molecule has 1 aromatic rings. The third-order valence-electron chi connectivity index (χ3n) is 2.55. The van der Waals surface area contributed by atoms with Gasteiger partial charge in [0.2, 0.25) is 0 Å². The number of methoxy groups -OCH3 is 1.